The molecule has 1 aliphatic rings. The fourth-order valence-electron chi connectivity index (χ4n) is 2.51. The zero-order valence-corrected chi connectivity index (χ0v) is 12.1. The van der Waals surface area contributed by atoms with Crippen molar-refractivity contribution in [3.8, 4) is 0 Å². The summed E-state index contributed by atoms with van der Waals surface area (Å²) in [4.78, 5) is 12.4. The van der Waals surface area contributed by atoms with Crippen LogP contribution < -0.4 is 5.32 Å². The summed E-state index contributed by atoms with van der Waals surface area (Å²) < 4.78 is 17.1. The number of nitrogens with one attached hydrogen (secondary N) is 1. The number of aryl methyl sites for hydroxylation is 1. The summed E-state index contributed by atoms with van der Waals surface area (Å²) >= 11 is 0. The molecule has 1 aromatic heterocycles. The van der Waals surface area contributed by atoms with Crippen LogP contribution >= 0.6 is 0 Å². The van der Waals surface area contributed by atoms with E-state index in [-0.39, 0.29) is 11.7 Å². The predicted molar refractivity (Wildman–Crippen MR) is 74.3 cm³/mol. The molecule has 1 unspecified atom stereocenters. The maximum Gasteiger partial charge on any atom is 0.233 e. The van der Waals surface area contributed by atoms with Gasteiger partial charge in [-0.05, 0) is 31.7 Å². The molecule has 1 aromatic rings. The van der Waals surface area contributed by atoms with E-state index in [0.29, 0.717) is 16.6 Å². The van der Waals surface area contributed by atoms with Crippen LogP contribution in [0.4, 0.5) is 0 Å². The summed E-state index contributed by atoms with van der Waals surface area (Å²) in [5.74, 6) is 1.11. The summed E-state index contributed by atoms with van der Waals surface area (Å²) in [6.45, 7) is 2.48. The molecule has 1 amide bonds. The molecular formula is C14H21NO3S. The van der Waals surface area contributed by atoms with Crippen LogP contribution in [0, 0.1) is 12.8 Å². The number of amides is 1. The van der Waals surface area contributed by atoms with E-state index in [2.05, 4.69) is 5.32 Å². The Hall–Kier alpha value is -1.10. The molecule has 2 rings (SSSR count). The number of furan rings is 1. The van der Waals surface area contributed by atoms with Crippen molar-refractivity contribution in [2.45, 2.75) is 43.9 Å². The molecule has 0 aromatic carbocycles. The van der Waals surface area contributed by atoms with Crippen molar-refractivity contribution in [1.29, 1.82) is 0 Å². The Bertz CT molecular complexity index is 449. The van der Waals surface area contributed by atoms with Gasteiger partial charge >= 0.3 is 0 Å². The highest BCUT2D eigenvalue weighted by atomic mass is 32.2. The van der Waals surface area contributed by atoms with E-state index in [1.165, 1.54) is 38.4 Å². The summed E-state index contributed by atoms with van der Waals surface area (Å²) in [7, 11) is -1.31. The Labute approximate surface area is 116 Å². The van der Waals surface area contributed by atoms with E-state index in [0.717, 1.165) is 6.54 Å². The van der Waals surface area contributed by atoms with Crippen molar-refractivity contribution in [2.24, 2.45) is 5.92 Å². The molecule has 1 N–H and O–H groups in total. The summed E-state index contributed by atoms with van der Waals surface area (Å²) in [5, 5.41) is 2.90. The zero-order valence-electron chi connectivity index (χ0n) is 11.3. The number of hydrogen-bond acceptors (Lipinski definition) is 3. The lowest BCUT2D eigenvalue weighted by Gasteiger charge is -2.21. The highest BCUT2D eigenvalue weighted by Crippen LogP contribution is 2.22. The molecule has 0 radical (unpaired) electrons. The van der Waals surface area contributed by atoms with Gasteiger partial charge in [0.25, 0.3) is 0 Å². The van der Waals surface area contributed by atoms with E-state index in [1.807, 2.05) is 0 Å². The van der Waals surface area contributed by atoms with E-state index < -0.39 is 10.8 Å². The maximum atomic E-state index is 12.0. The van der Waals surface area contributed by atoms with Gasteiger partial charge in [0.2, 0.25) is 5.91 Å². The van der Waals surface area contributed by atoms with Crippen LogP contribution in [0.2, 0.25) is 0 Å². The first-order chi connectivity index (χ1) is 9.16. The minimum atomic E-state index is -1.31. The minimum Gasteiger partial charge on any atom is -0.468 e. The molecular weight excluding hydrogens is 262 g/mol. The first-order valence-corrected chi connectivity index (χ1v) is 8.18. The minimum absolute atomic E-state index is 0.0209. The van der Waals surface area contributed by atoms with Crippen molar-refractivity contribution >= 4 is 16.7 Å². The Morgan fingerprint density at radius 3 is 2.79 bits per heavy atom. The average molecular weight is 283 g/mol. The standard InChI is InChI=1S/C14H21NO3S/c1-11-13(7-8-18-11)19(17)10-14(16)15-9-12-5-3-2-4-6-12/h7-8,12H,2-6,9-10H2,1H3,(H,15,16). The van der Waals surface area contributed by atoms with Crippen LogP contribution in [0.25, 0.3) is 0 Å². The van der Waals surface area contributed by atoms with Crippen LogP contribution in [0.15, 0.2) is 21.6 Å². The van der Waals surface area contributed by atoms with Gasteiger partial charge in [-0.15, -0.1) is 0 Å². The highest BCUT2D eigenvalue weighted by Gasteiger charge is 2.17. The first-order valence-electron chi connectivity index (χ1n) is 6.86. The molecule has 106 valence electrons. The number of carbonyl (C=O) groups excluding carboxylic acids is 1. The van der Waals surface area contributed by atoms with Crippen LogP contribution in [0.5, 0.6) is 0 Å². The lowest BCUT2D eigenvalue weighted by molar-refractivity contribution is -0.118. The van der Waals surface area contributed by atoms with E-state index in [1.54, 1.807) is 13.0 Å². The number of carbonyl (C=O) groups is 1. The van der Waals surface area contributed by atoms with Crippen LogP contribution in [-0.2, 0) is 15.6 Å². The van der Waals surface area contributed by atoms with Gasteiger partial charge in [0, 0.05) is 6.54 Å². The van der Waals surface area contributed by atoms with Crippen LogP contribution in [0.1, 0.15) is 37.9 Å². The van der Waals surface area contributed by atoms with Gasteiger partial charge in [-0.25, -0.2) is 0 Å². The van der Waals surface area contributed by atoms with Gasteiger partial charge in [-0.3, -0.25) is 9.00 Å². The summed E-state index contributed by atoms with van der Waals surface area (Å²) in [6, 6.07) is 1.67. The lowest BCUT2D eigenvalue weighted by Crippen LogP contribution is -2.33. The predicted octanol–water partition coefficient (Wildman–Crippen LogP) is 2.39. The molecule has 0 saturated heterocycles. The molecule has 5 heteroatoms. The maximum absolute atomic E-state index is 12.0. The quantitative estimate of drug-likeness (QED) is 0.902. The third kappa shape index (κ3) is 4.20. The fraction of sp³-hybridized carbons (Fsp3) is 0.643. The van der Waals surface area contributed by atoms with Gasteiger partial charge in [-0.1, -0.05) is 19.3 Å². The fourth-order valence-corrected chi connectivity index (χ4v) is 3.58. The SMILES string of the molecule is Cc1occc1S(=O)CC(=O)NCC1CCCCC1. The smallest absolute Gasteiger partial charge is 0.233 e. The molecule has 1 heterocycles. The second-order valence-electron chi connectivity index (χ2n) is 5.14. The molecule has 4 nitrogen and oxygen atoms in total. The third-order valence-electron chi connectivity index (χ3n) is 3.63. The summed E-state index contributed by atoms with van der Waals surface area (Å²) in [5.41, 5.74) is 0. The van der Waals surface area contributed by atoms with Crippen molar-refractivity contribution in [2.75, 3.05) is 12.3 Å². The Kier molecular flexibility index (Phi) is 5.19. The third-order valence-corrected chi connectivity index (χ3v) is 5.07. The van der Waals surface area contributed by atoms with E-state index in [9.17, 15) is 9.00 Å². The largest absolute Gasteiger partial charge is 0.468 e. The molecule has 0 spiro atoms. The lowest BCUT2D eigenvalue weighted by atomic mass is 9.89. The average Bonchev–Trinajstić information content (AvgIpc) is 2.84. The van der Waals surface area contributed by atoms with Crippen LogP contribution in [0.3, 0.4) is 0 Å². The van der Waals surface area contributed by atoms with Crippen molar-refractivity contribution < 1.29 is 13.4 Å². The molecule has 1 saturated carbocycles. The van der Waals surface area contributed by atoms with Gasteiger partial charge in [-0.2, -0.15) is 0 Å². The highest BCUT2D eigenvalue weighted by molar-refractivity contribution is 7.85. The molecule has 19 heavy (non-hydrogen) atoms. The molecule has 1 fully saturated rings. The van der Waals surface area contributed by atoms with Gasteiger partial charge < -0.3 is 9.73 Å². The Morgan fingerprint density at radius 1 is 1.42 bits per heavy atom. The Morgan fingerprint density at radius 2 is 2.16 bits per heavy atom. The molecule has 0 bridgehead atoms. The zero-order chi connectivity index (χ0) is 13.7. The topological polar surface area (TPSA) is 59.3 Å². The van der Waals surface area contributed by atoms with Crippen molar-refractivity contribution in [3.05, 3.63) is 18.1 Å². The second-order valence-corrected chi connectivity index (χ2v) is 6.56. The second kappa shape index (κ2) is 6.89. The van der Waals surface area contributed by atoms with Crippen molar-refractivity contribution in [3.63, 3.8) is 0 Å². The molecule has 1 aliphatic carbocycles. The van der Waals surface area contributed by atoms with Gasteiger partial charge in [0.05, 0.1) is 22.0 Å². The number of rotatable bonds is 5. The van der Waals surface area contributed by atoms with Crippen LogP contribution in [-0.4, -0.2) is 22.4 Å². The molecule has 1 atom stereocenters. The summed E-state index contributed by atoms with van der Waals surface area (Å²) in [6.07, 6.45) is 7.74. The normalized spacial score (nSPS) is 18.2. The molecule has 0 aliphatic heterocycles. The first kappa shape index (κ1) is 14.3. The van der Waals surface area contributed by atoms with Gasteiger partial charge in [0.15, 0.2) is 0 Å². The Balaban J connectivity index is 1.75. The van der Waals surface area contributed by atoms with Crippen molar-refractivity contribution in [1.82, 2.24) is 5.32 Å². The van der Waals surface area contributed by atoms with E-state index in [4.69, 9.17) is 4.42 Å². The number of hydrogen-bond donors (Lipinski definition) is 1. The van der Waals surface area contributed by atoms with Gasteiger partial charge in [0.1, 0.15) is 11.5 Å². The monoisotopic (exact) mass is 283 g/mol. The van der Waals surface area contributed by atoms with E-state index >= 15 is 0 Å².